The molecule has 2 N–H and O–H groups in total. The third-order valence-corrected chi connectivity index (χ3v) is 3.67. The average molecular weight is 271 g/mol. The summed E-state index contributed by atoms with van der Waals surface area (Å²) in [6.45, 7) is 0. The van der Waals surface area contributed by atoms with Gasteiger partial charge in [0.05, 0.1) is 0 Å². The summed E-state index contributed by atoms with van der Waals surface area (Å²) < 4.78 is 19.0. The summed E-state index contributed by atoms with van der Waals surface area (Å²) in [6.07, 6.45) is 2.43. The molecule has 2 aromatic rings. The van der Waals surface area contributed by atoms with Crippen LogP contribution in [0.5, 0.6) is 5.75 Å². The van der Waals surface area contributed by atoms with E-state index >= 15 is 0 Å². The van der Waals surface area contributed by atoms with Crippen molar-refractivity contribution in [3.8, 4) is 5.75 Å². The van der Waals surface area contributed by atoms with Gasteiger partial charge in [0.2, 0.25) is 0 Å². The highest BCUT2D eigenvalue weighted by molar-refractivity contribution is 5.37. The van der Waals surface area contributed by atoms with E-state index in [4.69, 9.17) is 10.5 Å². The predicted molar refractivity (Wildman–Crippen MR) is 77.3 cm³/mol. The monoisotopic (exact) mass is 271 g/mol. The van der Waals surface area contributed by atoms with Crippen molar-refractivity contribution >= 4 is 0 Å². The zero-order chi connectivity index (χ0) is 13.9. The Hall–Kier alpha value is -1.87. The molecular weight excluding hydrogens is 253 g/mol. The van der Waals surface area contributed by atoms with Gasteiger partial charge in [-0.2, -0.15) is 0 Å². The second-order valence-corrected chi connectivity index (χ2v) is 5.38. The highest BCUT2D eigenvalue weighted by atomic mass is 19.1. The largest absolute Gasteiger partial charge is 0.490 e. The molecule has 1 heterocycles. The SMILES string of the molecule is NC(Cc1ccccc1)CC1Cc2cc(F)ccc2O1. The van der Waals surface area contributed by atoms with E-state index in [1.54, 1.807) is 12.1 Å². The molecule has 0 bridgehead atoms. The van der Waals surface area contributed by atoms with Gasteiger partial charge in [0.15, 0.2) is 0 Å². The predicted octanol–water partition coefficient (Wildman–Crippen LogP) is 3.09. The van der Waals surface area contributed by atoms with Crippen LogP contribution in [0.1, 0.15) is 17.5 Å². The van der Waals surface area contributed by atoms with E-state index in [9.17, 15) is 4.39 Å². The van der Waals surface area contributed by atoms with E-state index in [-0.39, 0.29) is 18.0 Å². The summed E-state index contributed by atoms with van der Waals surface area (Å²) in [6, 6.07) is 15.0. The number of ether oxygens (including phenoxy) is 1. The van der Waals surface area contributed by atoms with Gasteiger partial charge in [-0.3, -0.25) is 0 Å². The van der Waals surface area contributed by atoms with Gasteiger partial charge in [-0.05, 0) is 30.2 Å². The van der Waals surface area contributed by atoms with Crippen molar-refractivity contribution in [1.29, 1.82) is 0 Å². The van der Waals surface area contributed by atoms with Crippen LogP contribution in [0.25, 0.3) is 0 Å². The lowest BCUT2D eigenvalue weighted by atomic mass is 9.99. The van der Waals surface area contributed by atoms with Crippen LogP contribution in [0.3, 0.4) is 0 Å². The summed E-state index contributed by atoms with van der Waals surface area (Å²) in [4.78, 5) is 0. The molecule has 0 aliphatic carbocycles. The molecule has 104 valence electrons. The van der Waals surface area contributed by atoms with Gasteiger partial charge in [-0.25, -0.2) is 4.39 Å². The normalized spacial score (nSPS) is 18.4. The molecule has 1 aliphatic heterocycles. The minimum Gasteiger partial charge on any atom is -0.490 e. The minimum atomic E-state index is -0.207. The Morgan fingerprint density at radius 2 is 2.00 bits per heavy atom. The van der Waals surface area contributed by atoms with Crippen LogP contribution in [0.15, 0.2) is 48.5 Å². The smallest absolute Gasteiger partial charge is 0.123 e. The minimum absolute atomic E-state index is 0.0570. The van der Waals surface area contributed by atoms with Crippen LogP contribution >= 0.6 is 0 Å². The molecule has 3 rings (SSSR count). The summed E-state index contributed by atoms with van der Waals surface area (Å²) >= 11 is 0. The lowest BCUT2D eigenvalue weighted by Gasteiger charge is -2.16. The zero-order valence-corrected chi connectivity index (χ0v) is 11.3. The van der Waals surface area contributed by atoms with E-state index in [1.807, 2.05) is 18.2 Å². The van der Waals surface area contributed by atoms with Crippen molar-refractivity contribution < 1.29 is 9.13 Å². The topological polar surface area (TPSA) is 35.2 Å². The highest BCUT2D eigenvalue weighted by Crippen LogP contribution is 2.31. The van der Waals surface area contributed by atoms with Crippen LogP contribution in [-0.2, 0) is 12.8 Å². The van der Waals surface area contributed by atoms with Crippen LogP contribution in [0.4, 0.5) is 4.39 Å². The molecule has 0 spiro atoms. The first-order valence-electron chi connectivity index (χ1n) is 6.95. The van der Waals surface area contributed by atoms with Gasteiger partial charge in [0.25, 0.3) is 0 Å². The Bertz CT molecular complexity index is 585. The first-order chi connectivity index (χ1) is 9.70. The van der Waals surface area contributed by atoms with Crippen LogP contribution < -0.4 is 10.5 Å². The Kier molecular flexibility index (Phi) is 3.70. The first-order valence-corrected chi connectivity index (χ1v) is 6.95. The first kappa shape index (κ1) is 13.1. The molecule has 20 heavy (non-hydrogen) atoms. The summed E-state index contributed by atoms with van der Waals surface area (Å²) in [7, 11) is 0. The number of halogens is 1. The average Bonchev–Trinajstić information content (AvgIpc) is 2.80. The van der Waals surface area contributed by atoms with Gasteiger partial charge in [-0.15, -0.1) is 0 Å². The Morgan fingerprint density at radius 3 is 2.80 bits per heavy atom. The second-order valence-electron chi connectivity index (χ2n) is 5.38. The van der Waals surface area contributed by atoms with Gasteiger partial charge < -0.3 is 10.5 Å². The van der Waals surface area contributed by atoms with Crippen molar-refractivity contribution in [2.75, 3.05) is 0 Å². The standard InChI is InChI=1S/C17H18FNO/c18-14-6-7-17-13(9-14)10-16(20-17)11-15(19)8-12-4-2-1-3-5-12/h1-7,9,15-16H,8,10-11,19H2. The van der Waals surface area contributed by atoms with Gasteiger partial charge in [0.1, 0.15) is 17.7 Å². The number of fused-ring (bicyclic) bond motifs is 1. The molecule has 2 aromatic carbocycles. The fourth-order valence-electron chi connectivity index (χ4n) is 2.76. The molecule has 0 saturated heterocycles. The number of hydrogen-bond donors (Lipinski definition) is 1. The fraction of sp³-hybridized carbons (Fsp3) is 0.294. The number of rotatable bonds is 4. The van der Waals surface area contributed by atoms with E-state index < -0.39 is 0 Å². The quantitative estimate of drug-likeness (QED) is 0.927. The number of benzene rings is 2. The Morgan fingerprint density at radius 1 is 1.20 bits per heavy atom. The van der Waals surface area contributed by atoms with E-state index in [1.165, 1.54) is 11.6 Å². The molecular formula is C17H18FNO. The van der Waals surface area contributed by atoms with Crippen LogP contribution in [0.2, 0.25) is 0 Å². The summed E-state index contributed by atoms with van der Waals surface area (Å²) in [5.41, 5.74) is 8.38. The molecule has 0 saturated carbocycles. The molecule has 0 fully saturated rings. The van der Waals surface area contributed by atoms with E-state index in [0.29, 0.717) is 0 Å². The maximum absolute atomic E-state index is 13.2. The Labute approximate surface area is 118 Å². The van der Waals surface area contributed by atoms with Gasteiger partial charge in [-0.1, -0.05) is 30.3 Å². The second kappa shape index (κ2) is 5.63. The van der Waals surface area contributed by atoms with Crippen molar-refractivity contribution in [3.05, 3.63) is 65.5 Å². The van der Waals surface area contributed by atoms with E-state index in [0.717, 1.165) is 30.6 Å². The molecule has 1 aliphatic rings. The van der Waals surface area contributed by atoms with Crippen molar-refractivity contribution in [2.45, 2.75) is 31.4 Å². The maximum atomic E-state index is 13.2. The third-order valence-electron chi connectivity index (χ3n) is 3.67. The molecule has 2 atom stereocenters. The molecule has 0 radical (unpaired) electrons. The Balaban J connectivity index is 1.58. The van der Waals surface area contributed by atoms with Crippen molar-refractivity contribution in [3.63, 3.8) is 0 Å². The van der Waals surface area contributed by atoms with Gasteiger partial charge in [0, 0.05) is 24.4 Å². The van der Waals surface area contributed by atoms with Crippen molar-refractivity contribution in [1.82, 2.24) is 0 Å². The molecule has 2 nitrogen and oxygen atoms in total. The lowest BCUT2D eigenvalue weighted by molar-refractivity contribution is 0.210. The summed E-state index contributed by atoms with van der Waals surface area (Å²) in [5, 5.41) is 0. The van der Waals surface area contributed by atoms with Gasteiger partial charge >= 0.3 is 0 Å². The van der Waals surface area contributed by atoms with Crippen LogP contribution in [-0.4, -0.2) is 12.1 Å². The van der Waals surface area contributed by atoms with E-state index in [2.05, 4.69) is 12.1 Å². The summed E-state index contributed by atoms with van der Waals surface area (Å²) in [5.74, 6) is 0.588. The fourth-order valence-corrected chi connectivity index (χ4v) is 2.76. The highest BCUT2D eigenvalue weighted by Gasteiger charge is 2.25. The molecule has 2 unspecified atom stereocenters. The lowest BCUT2D eigenvalue weighted by Crippen LogP contribution is -2.30. The number of nitrogens with two attached hydrogens (primary N) is 1. The van der Waals surface area contributed by atoms with Crippen molar-refractivity contribution in [2.24, 2.45) is 5.73 Å². The molecule has 3 heteroatoms. The molecule has 0 amide bonds. The third kappa shape index (κ3) is 2.99. The maximum Gasteiger partial charge on any atom is 0.123 e. The number of hydrogen-bond acceptors (Lipinski definition) is 2. The molecule has 0 aromatic heterocycles. The van der Waals surface area contributed by atoms with Crippen LogP contribution in [0, 0.1) is 5.82 Å². The zero-order valence-electron chi connectivity index (χ0n) is 11.3.